The first-order valence-corrected chi connectivity index (χ1v) is 6.64. The van der Waals surface area contributed by atoms with Crippen molar-refractivity contribution < 1.29 is 9.53 Å². The Kier molecular flexibility index (Phi) is 4.68. The maximum atomic E-state index is 11.5. The summed E-state index contributed by atoms with van der Waals surface area (Å²) in [5.41, 5.74) is 0.257. The van der Waals surface area contributed by atoms with Crippen LogP contribution in [-0.2, 0) is 4.74 Å². The van der Waals surface area contributed by atoms with Crippen LogP contribution in [-0.4, -0.2) is 48.7 Å². The number of rotatable bonds is 4. The SMILES string of the molecule is CCN(c1cncc(C(=O)OC)n1)C1CCNCC1. The molecule has 0 unspecified atom stereocenters. The van der Waals surface area contributed by atoms with Crippen LogP contribution < -0.4 is 10.2 Å². The predicted octanol–water partition coefficient (Wildman–Crippen LogP) is 0.841. The van der Waals surface area contributed by atoms with Gasteiger partial charge in [-0.3, -0.25) is 4.98 Å². The van der Waals surface area contributed by atoms with Crippen LogP contribution in [0.4, 0.5) is 5.82 Å². The first kappa shape index (κ1) is 13.7. The lowest BCUT2D eigenvalue weighted by Crippen LogP contribution is -2.43. The van der Waals surface area contributed by atoms with Gasteiger partial charge in [-0.1, -0.05) is 0 Å². The number of hydrogen-bond donors (Lipinski definition) is 1. The van der Waals surface area contributed by atoms with Gasteiger partial charge in [0.25, 0.3) is 0 Å². The fraction of sp³-hybridized carbons (Fsp3) is 0.615. The van der Waals surface area contributed by atoms with Crippen molar-refractivity contribution in [2.24, 2.45) is 0 Å². The van der Waals surface area contributed by atoms with E-state index in [0.29, 0.717) is 6.04 Å². The van der Waals surface area contributed by atoms with E-state index in [2.05, 4.69) is 31.8 Å². The minimum Gasteiger partial charge on any atom is -0.464 e. The highest BCUT2D eigenvalue weighted by Gasteiger charge is 2.22. The third kappa shape index (κ3) is 3.20. The molecule has 1 aliphatic heterocycles. The third-order valence-corrected chi connectivity index (χ3v) is 3.40. The number of nitrogens with zero attached hydrogens (tertiary/aromatic N) is 3. The molecule has 6 nitrogen and oxygen atoms in total. The summed E-state index contributed by atoms with van der Waals surface area (Å²) < 4.78 is 4.68. The van der Waals surface area contributed by atoms with E-state index in [9.17, 15) is 4.79 Å². The smallest absolute Gasteiger partial charge is 0.358 e. The fourth-order valence-corrected chi connectivity index (χ4v) is 2.42. The molecule has 2 heterocycles. The monoisotopic (exact) mass is 264 g/mol. The molecule has 6 heteroatoms. The molecule has 104 valence electrons. The normalized spacial score (nSPS) is 16.1. The third-order valence-electron chi connectivity index (χ3n) is 3.40. The molecule has 0 aromatic carbocycles. The molecule has 1 aromatic rings. The topological polar surface area (TPSA) is 67.4 Å². The second-order valence-corrected chi connectivity index (χ2v) is 4.52. The Morgan fingerprint density at radius 1 is 1.47 bits per heavy atom. The van der Waals surface area contributed by atoms with Gasteiger partial charge in [0.1, 0.15) is 5.82 Å². The molecule has 0 atom stereocenters. The second kappa shape index (κ2) is 6.47. The van der Waals surface area contributed by atoms with Gasteiger partial charge in [-0.2, -0.15) is 0 Å². The van der Waals surface area contributed by atoms with Crippen LogP contribution in [0.15, 0.2) is 12.4 Å². The number of anilines is 1. The predicted molar refractivity (Wildman–Crippen MR) is 72.3 cm³/mol. The lowest BCUT2D eigenvalue weighted by Gasteiger charge is -2.34. The Bertz CT molecular complexity index is 432. The zero-order chi connectivity index (χ0) is 13.7. The van der Waals surface area contributed by atoms with E-state index < -0.39 is 5.97 Å². The number of piperidine rings is 1. The summed E-state index contributed by atoms with van der Waals surface area (Å²) in [6.07, 6.45) is 5.31. The number of ether oxygens (including phenoxy) is 1. The molecule has 0 bridgehead atoms. The average molecular weight is 264 g/mol. The largest absolute Gasteiger partial charge is 0.464 e. The van der Waals surface area contributed by atoms with Crippen molar-refractivity contribution in [2.75, 3.05) is 31.6 Å². The van der Waals surface area contributed by atoms with Crippen molar-refractivity contribution in [1.29, 1.82) is 0 Å². The first-order valence-electron chi connectivity index (χ1n) is 6.64. The fourth-order valence-electron chi connectivity index (χ4n) is 2.42. The Morgan fingerprint density at radius 2 is 2.21 bits per heavy atom. The molecule has 0 radical (unpaired) electrons. The summed E-state index contributed by atoms with van der Waals surface area (Å²) in [5.74, 6) is 0.299. The van der Waals surface area contributed by atoms with Crippen LogP contribution in [0.3, 0.4) is 0 Å². The Balaban J connectivity index is 2.19. The highest BCUT2D eigenvalue weighted by Crippen LogP contribution is 2.19. The Morgan fingerprint density at radius 3 is 2.84 bits per heavy atom. The molecular weight excluding hydrogens is 244 g/mol. The van der Waals surface area contributed by atoms with Crippen molar-refractivity contribution in [2.45, 2.75) is 25.8 Å². The summed E-state index contributed by atoms with van der Waals surface area (Å²) in [5, 5.41) is 3.35. The number of carbonyl (C=O) groups is 1. The lowest BCUT2D eigenvalue weighted by atomic mass is 10.1. The zero-order valence-corrected chi connectivity index (χ0v) is 11.4. The van der Waals surface area contributed by atoms with Gasteiger partial charge in [0.2, 0.25) is 0 Å². The van der Waals surface area contributed by atoms with Gasteiger partial charge in [-0.05, 0) is 32.9 Å². The molecule has 1 saturated heterocycles. The van der Waals surface area contributed by atoms with Crippen LogP contribution in [0.25, 0.3) is 0 Å². The minimum absolute atomic E-state index is 0.257. The maximum absolute atomic E-state index is 11.5. The highest BCUT2D eigenvalue weighted by atomic mass is 16.5. The van der Waals surface area contributed by atoms with Crippen molar-refractivity contribution in [1.82, 2.24) is 15.3 Å². The Labute approximate surface area is 113 Å². The van der Waals surface area contributed by atoms with E-state index >= 15 is 0 Å². The van der Waals surface area contributed by atoms with Gasteiger partial charge in [0.05, 0.1) is 19.5 Å². The van der Waals surface area contributed by atoms with Crippen LogP contribution >= 0.6 is 0 Å². The average Bonchev–Trinajstić information content (AvgIpc) is 2.48. The lowest BCUT2D eigenvalue weighted by molar-refractivity contribution is 0.0593. The number of esters is 1. The standard InChI is InChI=1S/C13H20N4O2/c1-3-17(10-4-6-14-7-5-10)12-9-15-8-11(16-12)13(18)19-2/h8-10,14H,3-7H2,1-2H3. The van der Waals surface area contributed by atoms with E-state index in [1.54, 1.807) is 6.20 Å². The summed E-state index contributed by atoms with van der Waals surface area (Å²) >= 11 is 0. The number of nitrogens with one attached hydrogen (secondary N) is 1. The number of hydrogen-bond acceptors (Lipinski definition) is 6. The van der Waals surface area contributed by atoms with Crippen molar-refractivity contribution in [3.05, 3.63) is 18.1 Å². The maximum Gasteiger partial charge on any atom is 0.358 e. The van der Waals surface area contributed by atoms with Crippen molar-refractivity contribution in [3.8, 4) is 0 Å². The van der Waals surface area contributed by atoms with Crippen LogP contribution in [0.2, 0.25) is 0 Å². The number of methoxy groups -OCH3 is 1. The van der Waals surface area contributed by atoms with Gasteiger partial charge in [-0.25, -0.2) is 9.78 Å². The molecule has 0 spiro atoms. The number of aromatic nitrogens is 2. The van der Waals surface area contributed by atoms with Crippen molar-refractivity contribution in [3.63, 3.8) is 0 Å². The molecule has 1 aromatic heterocycles. The van der Waals surface area contributed by atoms with Crippen LogP contribution in [0.5, 0.6) is 0 Å². The zero-order valence-electron chi connectivity index (χ0n) is 11.4. The van der Waals surface area contributed by atoms with E-state index in [-0.39, 0.29) is 5.69 Å². The summed E-state index contributed by atoms with van der Waals surface area (Å²) in [6.45, 7) is 4.98. The first-order chi connectivity index (χ1) is 9.26. The minimum atomic E-state index is -0.448. The van der Waals surface area contributed by atoms with Crippen LogP contribution in [0.1, 0.15) is 30.3 Å². The van der Waals surface area contributed by atoms with E-state index in [4.69, 9.17) is 0 Å². The Hall–Kier alpha value is -1.69. The van der Waals surface area contributed by atoms with E-state index in [1.807, 2.05) is 0 Å². The molecular formula is C13H20N4O2. The van der Waals surface area contributed by atoms with Crippen LogP contribution in [0, 0.1) is 0 Å². The highest BCUT2D eigenvalue weighted by molar-refractivity contribution is 5.87. The molecule has 0 amide bonds. The van der Waals surface area contributed by atoms with Gasteiger partial charge in [0.15, 0.2) is 5.69 Å². The summed E-state index contributed by atoms with van der Waals surface area (Å²) in [4.78, 5) is 22.2. The molecule has 1 N–H and O–H groups in total. The molecule has 2 rings (SSSR count). The second-order valence-electron chi connectivity index (χ2n) is 4.52. The van der Waals surface area contributed by atoms with Gasteiger partial charge in [-0.15, -0.1) is 0 Å². The van der Waals surface area contributed by atoms with Crippen molar-refractivity contribution >= 4 is 11.8 Å². The molecule has 1 fully saturated rings. The molecule has 0 aliphatic carbocycles. The van der Waals surface area contributed by atoms with Gasteiger partial charge in [0, 0.05) is 12.6 Å². The summed E-state index contributed by atoms with van der Waals surface area (Å²) in [7, 11) is 1.35. The molecule has 1 aliphatic rings. The van der Waals surface area contributed by atoms with Gasteiger partial charge >= 0.3 is 5.97 Å². The summed E-state index contributed by atoms with van der Waals surface area (Å²) in [6, 6.07) is 0.452. The van der Waals surface area contributed by atoms with Gasteiger partial charge < -0.3 is 15.0 Å². The molecule has 19 heavy (non-hydrogen) atoms. The quantitative estimate of drug-likeness (QED) is 0.813. The molecule has 0 saturated carbocycles. The van der Waals surface area contributed by atoms with E-state index in [1.165, 1.54) is 13.3 Å². The number of carbonyl (C=O) groups excluding carboxylic acids is 1. The van der Waals surface area contributed by atoms with E-state index in [0.717, 1.165) is 38.3 Å².